The molecule has 0 aliphatic carbocycles. The summed E-state index contributed by atoms with van der Waals surface area (Å²) in [5.74, 6) is 0.439. The minimum Gasteiger partial charge on any atom is -0.491 e. The summed E-state index contributed by atoms with van der Waals surface area (Å²) < 4.78 is 27.0. The van der Waals surface area contributed by atoms with Crippen LogP contribution in [0.15, 0.2) is 24.3 Å². The van der Waals surface area contributed by atoms with Crippen LogP contribution in [0.1, 0.15) is 39.4 Å². The average Bonchev–Trinajstić information content (AvgIpc) is 3.34. The maximum Gasteiger partial charge on any atom is 0.338 e. The average molecular weight is 352 g/mol. The molecule has 1 aromatic rings. The Morgan fingerprint density at radius 3 is 2.32 bits per heavy atom. The Bertz CT molecular complexity index is 534. The molecule has 2 atom stereocenters. The molecular weight excluding hydrogens is 324 g/mol. The zero-order valence-electron chi connectivity index (χ0n) is 15.4. The van der Waals surface area contributed by atoms with Crippen molar-refractivity contribution in [2.45, 2.75) is 45.5 Å². The van der Waals surface area contributed by atoms with E-state index in [4.69, 9.17) is 23.7 Å². The number of carbonyl (C=O) groups excluding carboxylic acids is 1. The summed E-state index contributed by atoms with van der Waals surface area (Å²) in [7, 11) is 0. The normalized spacial score (nSPS) is 19.5. The standard InChI is InChI=1S/C19H28O6/c1-5-21-10-11-22-12-13-23-15-8-6-14(7-9-15)16-17(24-16)18(20)25-19(2,3)4/h6-9,16-17H,5,10-13H2,1-4H3. The van der Waals surface area contributed by atoms with Crippen molar-refractivity contribution in [2.24, 2.45) is 0 Å². The Morgan fingerprint density at radius 1 is 1.04 bits per heavy atom. The first kappa shape index (κ1) is 19.7. The summed E-state index contributed by atoms with van der Waals surface area (Å²) in [6, 6.07) is 7.54. The lowest BCUT2D eigenvalue weighted by atomic mass is 10.1. The van der Waals surface area contributed by atoms with Crippen molar-refractivity contribution in [1.29, 1.82) is 0 Å². The summed E-state index contributed by atoms with van der Waals surface area (Å²) >= 11 is 0. The minimum atomic E-state index is -0.510. The van der Waals surface area contributed by atoms with Gasteiger partial charge in [-0.25, -0.2) is 4.79 Å². The van der Waals surface area contributed by atoms with E-state index in [9.17, 15) is 4.79 Å². The van der Waals surface area contributed by atoms with E-state index in [1.165, 1.54) is 0 Å². The molecule has 0 amide bonds. The summed E-state index contributed by atoms with van der Waals surface area (Å²) in [5, 5.41) is 0. The van der Waals surface area contributed by atoms with Crippen LogP contribution in [0.2, 0.25) is 0 Å². The molecule has 2 rings (SSSR count). The molecule has 6 nitrogen and oxygen atoms in total. The van der Waals surface area contributed by atoms with Crippen LogP contribution < -0.4 is 4.74 Å². The monoisotopic (exact) mass is 352 g/mol. The molecule has 1 aliphatic heterocycles. The number of epoxide rings is 1. The van der Waals surface area contributed by atoms with Crippen molar-refractivity contribution in [3.63, 3.8) is 0 Å². The molecule has 0 saturated carbocycles. The molecule has 1 saturated heterocycles. The van der Waals surface area contributed by atoms with Gasteiger partial charge in [-0.3, -0.25) is 0 Å². The quantitative estimate of drug-likeness (QED) is 0.366. The van der Waals surface area contributed by atoms with Gasteiger partial charge in [-0.05, 0) is 45.4 Å². The predicted octanol–water partition coefficient (Wildman–Crippen LogP) is 2.90. The Balaban J connectivity index is 1.68. The predicted molar refractivity (Wildman–Crippen MR) is 92.7 cm³/mol. The zero-order chi connectivity index (χ0) is 18.3. The van der Waals surface area contributed by atoms with Crippen molar-refractivity contribution in [1.82, 2.24) is 0 Å². The number of hydrogen-bond acceptors (Lipinski definition) is 6. The van der Waals surface area contributed by atoms with Crippen molar-refractivity contribution >= 4 is 5.97 Å². The summed E-state index contributed by atoms with van der Waals surface area (Å²) in [5.41, 5.74) is 0.437. The molecule has 1 aromatic carbocycles. The fourth-order valence-corrected chi connectivity index (χ4v) is 2.24. The lowest BCUT2D eigenvalue weighted by molar-refractivity contribution is -0.156. The molecule has 0 spiro atoms. The van der Waals surface area contributed by atoms with Crippen LogP contribution in [-0.4, -0.2) is 50.7 Å². The van der Waals surface area contributed by atoms with Gasteiger partial charge in [0, 0.05) is 6.61 Å². The smallest absolute Gasteiger partial charge is 0.338 e. The van der Waals surface area contributed by atoms with Gasteiger partial charge in [0.25, 0.3) is 0 Å². The lowest BCUT2D eigenvalue weighted by Gasteiger charge is -2.18. The Hall–Kier alpha value is -1.63. The van der Waals surface area contributed by atoms with Crippen molar-refractivity contribution in [3.8, 4) is 5.75 Å². The fraction of sp³-hybridized carbons (Fsp3) is 0.632. The molecule has 0 aromatic heterocycles. The van der Waals surface area contributed by atoms with Crippen molar-refractivity contribution in [2.75, 3.05) is 33.0 Å². The highest BCUT2D eigenvalue weighted by Gasteiger charge is 2.48. The highest BCUT2D eigenvalue weighted by molar-refractivity contribution is 5.78. The molecule has 1 aliphatic rings. The first-order chi connectivity index (χ1) is 11.9. The maximum atomic E-state index is 11.9. The molecule has 0 radical (unpaired) electrons. The van der Waals surface area contributed by atoms with E-state index >= 15 is 0 Å². The minimum absolute atomic E-state index is 0.231. The first-order valence-electron chi connectivity index (χ1n) is 8.67. The van der Waals surface area contributed by atoms with E-state index in [0.29, 0.717) is 33.0 Å². The van der Waals surface area contributed by atoms with Gasteiger partial charge in [0.15, 0.2) is 6.10 Å². The highest BCUT2D eigenvalue weighted by atomic mass is 16.6. The van der Waals surface area contributed by atoms with E-state index in [1.54, 1.807) is 0 Å². The second-order valence-electron chi connectivity index (χ2n) is 6.74. The van der Waals surface area contributed by atoms with Crippen molar-refractivity contribution < 1.29 is 28.5 Å². The van der Waals surface area contributed by atoms with Gasteiger partial charge in [-0.15, -0.1) is 0 Å². The van der Waals surface area contributed by atoms with Gasteiger partial charge in [0.05, 0.1) is 19.8 Å². The third-order valence-corrected chi connectivity index (χ3v) is 3.41. The third kappa shape index (κ3) is 7.02. The number of carbonyl (C=O) groups is 1. The van der Waals surface area contributed by atoms with E-state index in [-0.39, 0.29) is 12.1 Å². The third-order valence-electron chi connectivity index (χ3n) is 3.41. The van der Waals surface area contributed by atoms with Crippen LogP contribution in [0, 0.1) is 0 Å². The fourth-order valence-electron chi connectivity index (χ4n) is 2.24. The maximum absolute atomic E-state index is 11.9. The molecular formula is C19H28O6. The molecule has 0 N–H and O–H groups in total. The largest absolute Gasteiger partial charge is 0.491 e. The van der Waals surface area contributed by atoms with E-state index in [2.05, 4.69) is 0 Å². The summed E-state index contributed by atoms with van der Waals surface area (Å²) in [4.78, 5) is 11.9. The number of rotatable bonds is 10. The molecule has 2 unspecified atom stereocenters. The van der Waals surface area contributed by atoms with E-state index in [0.717, 1.165) is 11.3 Å². The molecule has 6 heteroatoms. The van der Waals surface area contributed by atoms with Gasteiger partial charge < -0.3 is 23.7 Å². The summed E-state index contributed by atoms with van der Waals surface area (Å²) in [6.07, 6.45) is -0.740. The first-order valence-corrected chi connectivity index (χ1v) is 8.67. The molecule has 140 valence electrons. The molecule has 1 heterocycles. The molecule has 0 bridgehead atoms. The zero-order valence-corrected chi connectivity index (χ0v) is 15.4. The second-order valence-corrected chi connectivity index (χ2v) is 6.74. The molecule has 1 fully saturated rings. The van der Waals surface area contributed by atoms with E-state index in [1.807, 2.05) is 52.0 Å². The van der Waals surface area contributed by atoms with E-state index < -0.39 is 11.7 Å². The number of hydrogen-bond donors (Lipinski definition) is 0. The van der Waals surface area contributed by atoms with Crippen LogP contribution >= 0.6 is 0 Å². The highest BCUT2D eigenvalue weighted by Crippen LogP contribution is 2.40. The Kier molecular flexibility index (Phi) is 7.23. The van der Waals surface area contributed by atoms with Gasteiger partial charge in [0.2, 0.25) is 0 Å². The van der Waals surface area contributed by atoms with Crippen LogP contribution in [0.3, 0.4) is 0 Å². The Labute approximate surface area is 149 Å². The van der Waals surface area contributed by atoms with Crippen LogP contribution in [0.4, 0.5) is 0 Å². The van der Waals surface area contributed by atoms with Gasteiger partial charge >= 0.3 is 5.97 Å². The summed E-state index contributed by atoms with van der Waals surface area (Å²) in [6.45, 7) is 10.3. The van der Waals surface area contributed by atoms with Gasteiger partial charge in [-0.2, -0.15) is 0 Å². The topological polar surface area (TPSA) is 66.5 Å². The van der Waals surface area contributed by atoms with Crippen LogP contribution in [-0.2, 0) is 23.7 Å². The molecule has 25 heavy (non-hydrogen) atoms. The number of benzene rings is 1. The number of ether oxygens (including phenoxy) is 5. The van der Waals surface area contributed by atoms with Crippen LogP contribution in [0.5, 0.6) is 5.75 Å². The van der Waals surface area contributed by atoms with Gasteiger partial charge in [-0.1, -0.05) is 12.1 Å². The second kappa shape index (κ2) is 9.17. The van der Waals surface area contributed by atoms with Crippen molar-refractivity contribution in [3.05, 3.63) is 29.8 Å². The van der Waals surface area contributed by atoms with Crippen LogP contribution in [0.25, 0.3) is 0 Å². The lowest BCUT2D eigenvalue weighted by Crippen LogP contribution is -2.26. The SMILES string of the molecule is CCOCCOCCOc1ccc(C2OC2C(=O)OC(C)(C)C)cc1. The number of esters is 1. The Morgan fingerprint density at radius 2 is 1.68 bits per heavy atom. The van der Waals surface area contributed by atoms with Gasteiger partial charge in [0.1, 0.15) is 24.1 Å².